The first kappa shape index (κ1) is 21.1. The minimum Gasteiger partial charge on any atom is -0.497 e. The Kier molecular flexibility index (Phi) is 5.85. The summed E-state index contributed by atoms with van der Waals surface area (Å²) in [5, 5.41) is 4.40. The van der Waals surface area contributed by atoms with Crippen LogP contribution in [0.15, 0.2) is 36.4 Å². The Labute approximate surface area is 171 Å². The number of ether oxygens (including phenoxy) is 1. The first-order valence-corrected chi connectivity index (χ1v) is 10.7. The zero-order valence-electron chi connectivity index (χ0n) is 15.6. The molecule has 0 radical (unpaired) electrons. The minimum absolute atomic E-state index is 0.0568. The molecule has 0 saturated carbocycles. The molecule has 1 heterocycles. The second-order valence-corrected chi connectivity index (χ2v) is 8.66. The molecule has 0 bridgehead atoms. The zero-order valence-corrected chi connectivity index (χ0v) is 17.2. The fraction of sp³-hybridized carbons (Fsp3) is 0.278. The average Bonchev–Trinajstić information content (AvgIpc) is 3.00. The van der Waals surface area contributed by atoms with Gasteiger partial charge < -0.3 is 10.5 Å². The topological polar surface area (TPSA) is 90.4 Å². The van der Waals surface area contributed by atoms with Gasteiger partial charge in [0, 0.05) is 0 Å². The average molecular weight is 445 g/mol. The zero-order chi connectivity index (χ0) is 21.3. The lowest BCUT2D eigenvalue weighted by Crippen LogP contribution is -2.30. The Morgan fingerprint density at radius 2 is 1.90 bits per heavy atom. The fourth-order valence-corrected chi connectivity index (χ4v) is 3.99. The van der Waals surface area contributed by atoms with Gasteiger partial charge in [-0.15, -0.1) is 0 Å². The Hall–Kier alpha value is -2.59. The number of aromatic nitrogens is 2. The number of benzene rings is 2. The molecular formula is C18H19ClF2N4O3S. The van der Waals surface area contributed by atoms with E-state index < -0.39 is 23.0 Å². The lowest BCUT2D eigenvalue weighted by molar-refractivity contribution is 0.123. The molecule has 2 N–H and O–H groups in total. The number of anilines is 2. The summed E-state index contributed by atoms with van der Waals surface area (Å²) in [6, 6.07) is 9.73. The molecule has 2 aromatic carbocycles. The van der Waals surface area contributed by atoms with Gasteiger partial charge in [0.25, 0.3) is 6.43 Å². The molecule has 0 atom stereocenters. The van der Waals surface area contributed by atoms with Crippen molar-refractivity contribution >= 4 is 44.0 Å². The molecule has 3 aromatic rings. The number of nitrogens with zero attached hydrogens (tertiary/aromatic N) is 3. The van der Waals surface area contributed by atoms with Crippen LogP contribution in [-0.4, -0.2) is 38.0 Å². The summed E-state index contributed by atoms with van der Waals surface area (Å²) in [7, 11) is -2.31. The quantitative estimate of drug-likeness (QED) is 0.563. The van der Waals surface area contributed by atoms with Crippen molar-refractivity contribution < 1.29 is 21.9 Å². The molecule has 0 amide bonds. The summed E-state index contributed by atoms with van der Waals surface area (Å²) in [5.41, 5.74) is 6.96. The maximum absolute atomic E-state index is 13.0. The van der Waals surface area contributed by atoms with E-state index in [9.17, 15) is 17.2 Å². The highest BCUT2D eigenvalue weighted by atomic mass is 35.5. The normalized spacial score (nSPS) is 11.9. The van der Waals surface area contributed by atoms with E-state index in [-0.39, 0.29) is 34.0 Å². The van der Waals surface area contributed by atoms with E-state index in [1.165, 1.54) is 19.2 Å². The highest BCUT2D eigenvalue weighted by Crippen LogP contribution is 2.37. The third-order valence-electron chi connectivity index (χ3n) is 4.30. The standard InChI is InChI=1S/C18H19ClF2N4O3S/c1-28-12-5-3-11(4-6-12)9-25(29(2,26)27)18-16-14(8-7-13(22)17(16)19)24(23-18)10-15(20)21/h3-8,15H,9-10,22H2,1-2H3. The molecule has 11 heteroatoms. The van der Waals surface area contributed by atoms with Crippen molar-refractivity contribution in [1.82, 2.24) is 9.78 Å². The van der Waals surface area contributed by atoms with E-state index in [1.54, 1.807) is 24.3 Å². The van der Waals surface area contributed by atoms with Gasteiger partial charge in [-0.25, -0.2) is 21.5 Å². The van der Waals surface area contributed by atoms with Crippen LogP contribution in [0.2, 0.25) is 5.02 Å². The molecule has 0 aliphatic heterocycles. The maximum Gasteiger partial charge on any atom is 0.257 e. The molecule has 0 unspecified atom stereocenters. The van der Waals surface area contributed by atoms with E-state index in [4.69, 9.17) is 22.1 Å². The molecule has 156 valence electrons. The van der Waals surface area contributed by atoms with Gasteiger partial charge in [0.2, 0.25) is 10.0 Å². The summed E-state index contributed by atoms with van der Waals surface area (Å²) in [6.07, 6.45) is -1.68. The summed E-state index contributed by atoms with van der Waals surface area (Å²) in [6.45, 7) is -0.786. The van der Waals surface area contributed by atoms with Crippen LogP contribution in [0, 0.1) is 0 Å². The van der Waals surface area contributed by atoms with E-state index in [2.05, 4.69) is 5.10 Å². The third-order valence-corrected chi connectivity index (χ3v) is 5.81. The summed E-state index contributed by atoms with van der Waals surface area (Å²) >= 11 is 6.31. The Balaban J connectivity index is 2.18. The number of nitrogens with two attached hydrogens (primary N) is 1. The first-order chi connectivity index (χ1) is 13.6. The predicted octanol–water partition coefficient (Wildman–Crippen LogP) is 3.51. The number of hydrogen-bond donors (Lipinski definition) is 1. The molecule has 0 spiro atoms. The van der Waals surface area contributed by atoms with Crippen molar-refractivity contribution in [3.63, 3.8) is 0 Å². The van der Waals surface area contributed by atoms with Gasteiger partial charge in [-0.05, 0) is 29.8 Å². The van der Waals surface area contributed by atoms with Gasteiger partial charge in [-0.3, -0.25) is 4.68 Å². The number of methoxy groups -OCH3 is 1. The van der Waals surface area contributed by atoms with E-state index in [0.717, 1.165) is 15.2 Å². The van der Waals surface area contributed by atoms with Crippen LogP contribution in [0.25, 0.3) is 10.9 Å². The van der Waals surface area contributed by atoms with Crippen molar-refractivity contribution in [2.45, 2.75) is 19.5 Å². The molecule has 7 nitrogen and oxygen atoms in total. The van der Waals surface area contributed by atoms with Crippen LogP contribution in [0.5, 0.6) is 5.75 Å². The van der Waals surface area contributed by atoms with E-state index in [0.29, 0.717) is 11.3 Å². The van der Waals surface area contributed by atoms with Gasteiger partial charge in [-0.2, -0.15) is 5.10 Å². The van der Waals surface area contributed by atoms with Crippen molar-refractivity contribution in [3.05, 3.63) is 47.0 Å². The maximum atomic E-state index is 13.0. The van der Waals surface area contributed by atoms with Gasteiger partial charge in [-0.1, -0.05) is 23.7 Å². The Bertz CT molecular complexity index is 1130. The van der Waals surface area contributed by atoms with Crippen LogP contribution in [0.1, 0.15) is 5.56 Å². The lowest BCUT2D eigenvalue weighted by atomic mass is 10.2. The summed E-state index contributed by atoms with van der Waals surface area (Å²) < 4.78 is 58.3. The van der Waals surface area contributed by atoms with Crippen molar-refractivity contribution in [3.8, 4) is 5.75 Å². The number of rotatable bonds is 7. The minimum atomic E-state index is -3.83. The second kappa shape index (κ2) is 8.03. The second-order valence-electron chi connectivity index (χ2n) is 6.38. The molecular weight excluding hydrogens is 426 g/mol. The summed E-state index contributed by atoms with van der Waals surface area (Å²) in [4.78, 5) is 0. The van der Waals surface area contributed by atoms with Crippen LogP contribution in [-0.2, 0) is 23.1 Å². The van der Waals surface area contributed by atoms with Gasteiger partial charge >= 0.3 is 0 Å². The van der Waals surface area contributed by atoms with Crippen LogP contribution < -0.4 is 14.8 Å². The lowest BCUT2D eigenvalue weighted by Gasteiger charge is -2.21. The van der Waals surface area contributed by atoms with Gasteiger partial charge in [0.05, 0.1) is 41.5 Å². The van der Waals surface area contributed by atoms with Crippen LogP contribution in [0.4, 0.5) is 20.3 Å². The number of hydrogen-bond acceptors (Lipinski definition) is 5. The highest BCUT2D eigenvalue weighted by molar-refractivity contribution is 7.92. The largest absolute Gasteiger partial charge is 0.497 e. The number of sulfonamides is 1. The Morgan fingerprint density at radius 3 is 2.45 bits per heavy atom. The molecule has 1 aromatic heterocycles. The van der Waals surface area contributed by atoms with Crippen LogP contribution in [0.3, 0.4) is 0 Å². The third kappa shape index (κ3) is 4.38. The van der Waals surface area contributed by atoms with Crippen molar-refractivity contribution in [2.75, 3.05) is 23.4 Å². The van der Waals surface area contributed by atoms with Gasteiger partial charge in [0.15, 0.2) is 5.82 Å². The summed E-state index contributed by atoms with van der Waals surface area (Å²) in [5.74, 6) is 0.554. The molecule has 0 aliphatic rings. The smallest absolute Gasteiger partial charge is 0.257 e. The molecule has 29 heavy (non-hydrogen) atoms. The van der Waals surface area contributed by atoms with Crippen molar-refractivity contribution in [1.29, 1.82) is 0 Å². The molecule has 0 fully saturated rings. The predicted molar refractivity (Wildman–Crippen MR) is 109 cm³/mol. The van der Waals surface area contributed by atoms with Crippen molar-refractivity contribution in [2.24, 2.45) is 0 Å². The van der Waals surface area contributed by atoms with E-state index in [1.807, 2.05) is 0 Å². The number of nitrogen functional groups attached to an aromatic ring is 1. The van der Waals surface area contributed by atoms with Gasteiger partial charge in [0.1, 0.15) is 12.3 Å². The van der Waals surface area contributed by atoms with Crippen LogP contribution >= 0.6 is 11.6 Å². The fourth-order valence-electron chi connectivity index (χ4n) is 2.92. The first-order valence-electron chi connectivity index (χ1n) is 8.45. The molecule has 0 saturated heterocycles. The highest BCUT2D eigenvalue weighted by Gasteiger charge is 2.27. The molecule has 0 aliphatic carbocycles. The SMILES string of the molecule is COc1ccc(CN(c2nn(CC(F)F)c3ccc(N)c(Cl)c23)S(C)(=O)=O)cc1. The van der Waals surface area contributed by atoms with E-state index >= 15 is 0 Å². The number of alkyl halides is 2. The molecule has 3 rings (SSSR count). The monoisotopic (exact) mass is 444 g/mol. The number of fused-ring (bicyclic) bond motifs is 1. The Morgan fingerprint density at radius 1 is 1.24 bits per heavy atom. The number of halogens is 3.